The Morgan fingerprint density at radius 2 is 2.25 bits per heavy atom. The lowest BCUT2D eigenvalue weighted by atomic mass is 10.2. The van der Waals surface area contributed by atoms with E-state index in [-0.39, 0.29) is 12.0 Å². The van der Waals surface area contributed by atoms with Gasteiger partial charge in [0, 0.05) is 15.8 Å². The number of hydrogen-bond acceptors (Lipinski definition) is 4. The molecular formula is C12H19NO2S. The lowest BCUT2D eigenvalue weighted by Gasteiger charge is -2.19. The molecule has 1 rings (SSSR count). The Balaban J connectivity index is 2.83. The molecule has 0 aliphatic carbocycles. The van der Waals surface area contributed by atoms with E-state index >= 15 is 0 Å². The summed E-state index contributed by atoms with van der Waals surface area (Å²) in [6.07, 6.45) is 0.984. The first-order valence-electron chi connectivity index (χ1n) is 5.48. The van der Waals surface area contributed by atoms with Crippen molar-refractivity contribution in [2.45, 2.75) is 39.3 Å². The van der Waals surface area contributed by atoms with Crippen LogP contribution in [0.1, 0.15) is 36.1 Å². The van der Waals surface area contributed by atoms with Gasteiger partial charge in [-0.05, 0) is 32.4 Å². The van der Waals surface area contributed by atoms with Crippen molar-refractivity contribution < 1.29 is 9.53 Å². The van der Waals surface area contributed by atoms with Crippen LogP contribution < -0.4 is 5.32 Å². The van der Waals surface area contributed by atoms with Crippen molar-refractivity contribution in [1.82, 2.24) is 5.32 Å². The summed E-state index contributed by atoms with van der Waals surface area (Å²) in [7, 11) is 1.42. The monoisotopic (exact) mass is 241 g/mol. The van der Waals surface area contributed by atoms with Gasteiger partial charge in [-0.3, -0.25) is 5.32 Å². The minimum Gasteiger partial charge on any atom is -0.468 e. The van der Waals surface area contributed by atoms with Crippen LogP contribution in [0.15, 0.2) is 12.1 Å². The number of rotatable bonds is 5. The molecule has 4 heteroatoms. The average Bonchev–Trinajstić information content (AvgIpc) is 2.71. The third-order valence-electron chi connectivity index (χ3n) is 2.55. The van der Waals surface area contributed by atoms with Crippen molar-refractivity contribution in [3.63, 3.8) is 0 Å². The molecule has 0 radical (unpaired) electrons. The summed E-state index contributed by atoms with van der Waals surface area (Å²) >= 11 is 1.63. The second-order valence-electron chi connectivity index (χ2n) is 3.88. The highest BCUT2D eigenvalue weighted by Gasteiger charge is 2.23. The molecule has 16 heavy (non-hydrogen) atoms. The van der Waals surface area contributed by atoms with Gasteiger partial charge < -0.3 is 4.74 Å². The Labute approximate surface area is 101 Å². The van der Waals surface area contributed by atoms with Crippen LogP contribution in [-0.2, 0) is 9.53 Å². The number of carbonyl (C=O) groups is 1. The molecule has 3 nitrogen and oxygen atoms in total. The van der Waals surface area contributed by atoms with Gasteiger partial charge in [0.25, 0.3) is 0 Å². The van der Waals surface area contributed by atoms with Crippen molar-refractivity contribution in [3.8, 4) is 0 Å². The molecular weight excluding hydrogens is 222 g/mol. The van der Waals surface area contributed by atoms with E-state index in [0.717, 1.165) is 11.3 Å². The van der Waals surface area contributed by atoms with Crippen LogP contribution in [-0.4, -0.2) is 19.1 Å². The van der Waals surface area contributed by atoms with E-state index < -0.39 is 0 Å². The predicted octanol–water partition coefficient (Wildman–Crippen LogP) is 2.66. The minimum absolute atomic E-state index is 0.220. The van der Waals surface area contributed by atoms with E-state index in [1.807, 2.05) is 19.1 Å². The van der Waals surface area contributed by atoms with E-state index in [2.05, 4.69) is 19.2 Å². The SMILES string of the molecule is CCC(C)NC(C(=O)OC)c1ccc(C)s1. The van der Waals surface area contributed by atoms with Crippen LogP contribution in [0.4, 0.5) is 0 Å². The fraction of sp³-hybridized carbons (Fsp3) is 0.583. The Kier molecular flexibility index (Phi) is 4.96. The lowest BCUT2D eigenvalue weighted by Crippen LogP contribution is -2.35. The predicted molar refractivity (Wildman–Crippen MR) is 66.7 cm³/mol. The molecule has 1 aromatic heterocycles. The largest absolute Gasteiger partial charge is 0.468 e. The Morgan fingerprint density at radius 1 is 1.56 bits per heavy atom. The van der Waals surface area contributed by atoms with Gasteiger partial charge in [-0.15, -0.1) is 11.3 Å². The number of carbonyl (C=O) groups excluding carboxylic acids is 1. The van der Waals surface area contributed by atoms with Crippen LogP contribution in [0.3, 0.4) is 0 Å². The molecule has 0 spiro atoms. The third-order valence-corrected chi connectivity index (χ3v) is 3.61. The highest BCUT2D eigenvalue weighted by molar-refractivity contribution is 7.12. The standard InChI is InChI=1S/C12H19NO2S/c1-5-8(2)13-11(12(14)15-4)10-7-6-9(3)16-10/h6-8,11,13H,5H2,1-4H3. The number of hydrogen-bond donors (Lipinski definition) is 1. The van der Waals surface area contributed by atoms with Crippen LogP contribution in [0, 0.1) is 6.92 Å². The van der Waals surface area contributed by atoms with Gasteiger partial charge in [0.1, 0.15) is 6.04 Å². The topological polar surface area (TPSA) is 38.3 Å². The van der Waals surface area contributed by atoms with E-state index in [9.17, 15) is 4.79 Å². The summed E-state index contributed by atoms with van der Waals surface area (Å²) in [5.41, 5.74) is 0. The molecule has 0 aliphatic heterocycles. The summed E-state index contributed by atoms with van der Waals surface area (Å²) in [5, 5.41) is 3.28. The zero-order valence-corrected chi connectivity index (χ0v) is 11.1. The van der Waals surface area contributed by atoms with Crippen molar-refractivity contribution >= 4 is 17.3 Å². The maximum atomic E-state index is 11.7. The quantitative estimate of drug-likeness (QED) is 0.805. The van der Waals surface area contributed by atoms with Crippen LogP contribution >= 0.6 is 11.3 Å². The molecule has 0 saturated heterocycles. The van der Waals surface area contributed by atoms with Gasteiger partial charge in [-0.1, -0.05) is 6.92 Å². The summed E-state index contributed by atoms with van der Waals surface area (Å²) in [6.45, 7) is 6.19. The first-order valence-corrected chi connectivity index (χ1v) is 6.30. The summed E-state index contributed by atoms with van der Waals surface area (Å²) < 4.78 is 4.83. The lowest BCUT2D eigenvalue weighted by molar-refractivity contribution is -0.143. The van der Waals surface area contributed by atoms with Crippen molar-refractivity contribution in [1.29, 1.82) is 0 Å². The van der Waals surface area contributed by atoms with Crippen molar-refractivity contribution in [2.75, 3.05) is 7.11 Å². The van der Waals surface area contributed by atoms with E-state index in [0.29, 0.717) is 6.04 Å². The molecule has 90 valence electrons. The van der Waals surface area contributed by atoms with E-state index in [1.165, 1.54) is 12.0 Å². The molecule has 0 amide bonds. The smallest absolute Gasteiger partial charge is 0.328 e. The Morgan fingerprint density at radius 3 is 2.69 bits per heavy atom. The molecule has 0 saturated carbocycles. The molecule has 0 bridgehead atoms. The third kappa shape index (κ3) is 3.32. The van der Waals surface area contributed by atoms with Gasteiger partial charge in [0.15, 0.2) is 0 Å². The zero-order chi connectivity index (χ0) is 12.1. The maximum Gasteiger partial charge on any atom is 0.328 e. The highest BCUT2D eigenvalue weighted by Crippen LogP contribution is 2.24. The van der Waals surface area contributed by atoms with Crippen molar-refractivity contribution in [2.24, 2.45) is 0 Å². The second kappa shape index (κ2) is 6.01. The maximum absolute atomic E-state index is 11.7. The van der Waals surface area contributed by atoms with Gasteiger partial charge >= 0.3 is 5.97 Å². The summed E-state index contributed by atoms with van der Waals surface area (Å²) in [5.74, 6) is -0.220. The highest BCUT2D eigenvalue weighted by atomic mass is 32.1. The van der Waals surface area contributed by atoms with Crippen LogP contribution in [0.5, 0.6) is 0 Å². The van der Waals surface area contributed by atoms with Crippen molar-refractivity contribution in [3.05, 3.63) is 21.9 Å². The van der Waals surface area contributed by atoms with Gasteiger partial charge in [0.05, 0.1) is 7.11 Å². The number of thiophene rings is 1. The summed E-state index contributed by atoms with van der Waals surface area (Å²) in [6, 6.07) is 3.97. The van der Waals surface area contributed by atoms with Gasteiger partial charge in [0.2, 0.25) is 0 Å². The van der Waals surface area contributed by atoms with E-state index in [4.69, 9.17) is 4.74 Å². The van der Waals surface area contributed by atoms with Crippen LogP contribution in [0.2, 0.25) is 0 Å². The molecule has 0 fully saturated rings. The number of ether oxygens (including phenoxy) is 1. The fourth-order valence-electron chi connectivity index (χ4n) is 1.40. The minimum atomic E-state index is -0.335. The molecule has 1 N–H and O–H groups in total. The molecule has 0 aliphatic rings. The normalized spacial score (nSPS) is 14.5. The Bertz CT molecular complexity index is 349. The van der Waals surface area contributed by atoms with Gasteiger partial charge in [-0.2, -0.15) is 0 Å². The van der Waals surface area contributed by atoms with E-state index in [1.54, 1.807) is 11.3 Å². The Hall–Kier alpha value is -0.870. The first-order chi connectivity index (χ1) is 7.58. The molecule has 2 atom stereocenters. The number of methoxy groups -OCH3 is 1. The number of nitrogens with one attached hydrogen (secondary N) is 1. The number of aryl methyl sites for hydroxylation is 1. The number of esters is 1. The van der Waals surface area contributed by atoms with Gasteiger partial charge in [-0.25, -0.2) is 4.79 Å². The first kappa shape index (κ1) is 13.2. The van der Waals surface area contributed by atoms with Crippen LogP contribution in [0.25, 0.3) is 0 Å². The fourth-order valence-corrected chi connectivity index (χ4v) is 2.32. The second-order valence-corrected chi connectivity index (χ2v) is 5.20. The molecule has 0 aromatic carbocycles. The zero-order valence-electron chi connectivity index (χ0n) is 10.2. The average molecular weight is 241 g/mol. The molecule has 1 aromatic rings. The molecule has 1 heterocycles. The summed E-state index contributed by atoms with van der Waals surface area (Å²) in [4.78, 5) is 13.9. The molecule has 2 unspecified atom stereocenters.